The van der Waals surface area contributed by atoms with E-state index in [1.54, 1.807) is 7.11 Å². The maximum atomic E-state index is 10.4. The Morgan fingerprint density at radius 3 is 2.76 bits per heavy atom. The average molecular weight is 291 g/mol. The number of aliphatic hydroxyl groups excluding tert-OH is 1. The van der Waals surface area contributed by atoms with E-state index in [1.165, 1.54) is 6.42 Å². The van der Waals surface area contributed by atoms with E-state index in [2.05, 4.69) is 14.9 Å². The van der Waals surface area contributed by atoms with Crippen LogP contribution in [-0.2, 0) is 0 Å². The zero-order chi connectivity index (χ0) is 14.8. The number of methoxy groups -OCH3 is 1. The Bertz CT molecular complexity index is 494. The van der Waals surface area contributed by atoms with Gasteiger partial charge in [-0.3, -0.25) is 0 Å². The lowest BCUT2D eigenvalue weighted by molar-refractivity contribution is 0.0564. The van der Waals surface area contributed by atoms with E-state index >= 15 is 0 Å². The Balaban J connectivity index is 1.84. The second-order valence-corrected chi connectivity index (χ2v) is 6.27. The lowest BCUT2D eigenvalue weighted by Gasteiger charge is -2.37. The number of anilines is 1. The Kier molecular flexibility index (Phi) is 4.29. The quantitative estimate of drug-likeness (QED) is 0.926. The monoisotopic (exact) mass is 291 g/mol. The van der Waals surface area contributed by atoms with Gasteiger partial charge in [-0.1, -0.05) is 12.8 Å². The molecule has 0 bridgehead atoms. The Hall–Kier alpha value is -1.36. The highest BCUT2D eigenvalue weighted by Crippen LogP contribution is 2.36. The normalized spacial score (nSPS) is 29.7. The van der Waals surface area contributed by atoms with Gasteiger partial charge in [0.1, 0.15) is 0 Å². The molecule has 1 saturated carbocycles. The Labute approximate surface area is 126 Å². The second kappa shape index (κ2) is 6.18. The van der Waals surface area contributed by atoms with Crippen LogP contribution in [0.3, 0.4) is 0 Å². The highest BCUT2D eigenvalue weighted by atomic mass is 16.5. The van der Waals surface area contributed by atoms with Gasteiger partial charge in [0.25, 0.3) is 0 Å². The predicted molar refractivity (Wildman–Crippen MR) is 81.7 cm³/mol. The van der Waals surface area contributed by atoms with Gasteiger partial charge < -0.3 is 14.7 Å². The molecule has 1 aromatic rings. The molecule has 0 unspecified atom stereocenters. The number of ether oxygens (including phenoxy) is 1. The summed E-state index contributed by atoms with van der Waals surface area (Å²) in [4.78, 5) is 11.4. The summed E-state index contributed by atoms with van der Waals surface area (Å²) >= 11 is 0. The zero-order valence-electron chi connectivity index (χ0n) is 13.0. The van der Waals surface area contributed by atoms with Gasteiger partial charge in [0.2, 0.25) is 11.8 Å². The molecule has 1 aliphatic carbocycles. The number of aromatic nitrogens is 2. The molecule has 1 aliphatic heterocycles. The molecule has 2 fully saturated rings. The molecule has 21 heavy (non-hydrogen) atoms. The van der Waals surface area contributed by atoms with E-state index in [4.69, 9.17) is 4.74 Å². The van der Waals surface area contributed by atoms with Crippen molar-refractivity contribution in [2.75, 3.05) is 18.6 Å². The molecule has 5 nitrogen and oxygen atoms in total. The summed E-state index contributed by atoms with van der Waals surface area (Å²) in [5, 5.41) is 10.4. The van der Waals surface area contributed by atoms with Crippen molar-refractivity contribution in [2.24, 2.45) is 5.92 Å². The molecule has 2 aliphatic rings. The van der Waals surface area contributed by atoms with Gasteiger partial charge in [0.15, 0.2) is 0 Å². The molecule has 1 aromatic heterocycles. The lowest BCUT2D eigenvalue weighted by Crippen LogP contribution is -2.43. The molecule has 5 heteroatoms. The van der Waals surface area contributed by atoms with E-state index in [-0.39, 0.29) is 6.10 Å². The highest BCUT2D eigenvalue weighted by Gasteiger charge is 2.38. The van der Waals surface area contributed by atoms with E-state index in [0.29, 0.717) is 17.8 Å². The van der Waals surface area contributed by atoms with Crippen LogP contribution in [0.5, 0.6) is 5.88 Å². The van der Waals surface area contributed by atoms with E-state index in [0.717, 1.165) is 50.3 Å². The number of aliphatic hydroxyl groups is 1. The molecular weight excluding hydrogens is 266 g/mol. The van der Waals surface area contributed by atoms with Crippen LogP contribution in [0, 0.1) is 12.8 Å². The first-order valence-corrected chi connectivity index (χ1v) is 8.03. The van der Waals surface area contributed by atoms with Crippen molar-refractivity contribution in [1.29, 1.82) is 0 Å². The van der Waals surface area contributed by atoms with E-state index in [1.807, 2.05) is 13.0 Å². The van der Waals surface area contributed by atoms with E-state index < -0.39 is 0 Å². The summed E-state index contributed by atoms with van der Waals surface area (Å²) in [6, 6.07) is 2.22. The number of nitrogens with zero attached hydrogens (tertiary/aromatic N) is 3. The Morgan fingerprint density at radius 2 is 2.00 bits per heavy atom. The summed E-state index contributed by atoms with van der Waals surface area (Å²) in [6.07, 6.45) is 6.53. The van der Waals surface area contributed by atoms with Crippen LogP contribution in [0.1, 0.15) is 44.2 Å². The van der Waals surface area contributed by atoms with Crippen LogP contribution in [0.15, 0.2) is 6.07 Å². The fourth-order valence-corrected chi connectivity index (χ4v) is 3.83. The van der Waals surface area contributed by atoms with Crippen LogP contribution in [0.2, 0.25) is 0 Å². The van der Waals surface area contributed by atoms with Crippen LogP contribution >= 0.6 is 0 Å². The van der Waals surface area contributed by atoms with Crippen molar-refractivity contribution in [3.63, 3.8) is 0 Å². The summed E-state index contributed by atoms with van der Waals surface area (Å²) in [7, 11) is 1.64. The molecule has 0 spiro atoms. The largest absolute Gasteiger partial charge is 0.481 e. The molecule has 0 amide bonds. The van der Waals surface area contributed by atoms with Crippen LogP contribution in [0.25, 0.3) is 0 Å². The van der Waals surface area contributed by atoms with Crippen LogP contribution < -0.4 is 9.64 Å². The number of rotatable bonds is 3. The third kappa shape index (κ3) is 2.98. The lowest BCUT2D eigenvalue weighted by atomic mass is 9.80. The minimum atomic E-state index is -0.170. The van der Waals surface area contributed by atoms with Crippen molar-refractivity contribution in [2.45, 2.75) is 57.6 Å². The summed E-state index contributed by atoms with van der Waals surface area (Å²) < 4.78 is 5.27. The molecule has 1 N–H and O–H groups in total. The summed E-state index contributed by atoms with van der Waals surface area (Å²) in [5.41, 5.74) is 0.923. The maximum Gasteiger partial charge on any atom is 0.229 e. The molecule has 0 radical (unpaired) electrons. The van der Waals surface area contributed by atoms with Crippen LogP contribution in [-0.4, -0.2) is 40.9 Å². The third-order valence-corrected chi connectivity index (χ3v) is 4.86. The first-order chi connectivity index (χ1) is 10.2. The summed E-state index contributed by atoms with van der Waals surface area (Å²) in [6.45, 7) is 2.94. The zero-order valence-corrected chi connectivity index (χ0v) is 13.0. The van der Waals surface area contributed by atoms with Crippen LogP contribution in [0.4, 0.5) is 5.95 Å². The minimum Gasteiger partial charge on any atom is -0.481 e. The topological polar surface area (TPSA) is 58.5 Å². The third-order valence-electron chi connectivity index (χ3n) is 4.86. The van der Waals surface area contributed by atoms with Crippen molar-refractivity contribution in [3.8, 4) is 5.88 Å². The van der Waals surface area contributed by atoms with Crippen molar-refractivity contribution in [1.82, 2.24) is 9.97 Å². The molecule has 3 rings (SSSR count). The average Bonchev–Trinajstić information content (AvgIpc) is 2.96. The first-order valence-electron chi connectivity index (χ1n) is 8.03. The molecular formula is C16H25N3O2. The molecule has 3 atom stereocenters. The van der Waals surface area contributed by atoms with Crippen molar-refractivity contribution in [3.05, 3.63) is 11.8 Å². The molecule has 0 aromatic carbocycles. The maximum absolute atomic E-state index is 10.4. The number of hydrogen-bond acceptors (Lipinski definition) is 5. The summed E-state index contributed by atoms with van der Waals surface area (Å²) in [5.74, 6) is 1.73. The van der Waals surface area contributed by atoms with Gasteiger partial charge in [0.05, 0.1) is 13.2 Å². The Morgan fingerprint density at radius 1 is 1.19 bits per heavy atom. The van der Waals surface area contributed by atoms with Gasteiger partial charge >= 0.3 is 0 Å². The number of aryl methyl sites for hydroxylation is 1. The van der Waals surface area contributed by atoms with Gasteiger partial charge in [-0.05, 0) is 32.6 Å². The van der Waals surface area contributed by atoms with Crippen molar-refractivity contribution < 1.29 is 9.84 Å². The molecule has 116 valence electrons. The standard InChI is InChI=1S/C16H25N3O2/c1-11-10-15(21-2)18-16(17-11)19-9-5-7-13(19)12-6-3-4-8-14(12)20/h10,12-14,20H,3-9H2,1-2H3/t12-,13+,14-/m0/s1. The predicted octanol–water partition coefficient (Wildman–Crippen LogP) is 2.31. The van der Waals surface area contributed by atoms with Gasteiger partial charge in [0, 0.05) is 30.3 Å². The van der Waals surface area contributed by atoms with Gasteiger partial charge in [-0.2, -0.15) is 4.98 Å². The van der Waals surface area contributed by atoms with Gasteiger partial charge in [-0.15, -0.1) is 0 Å². The number of hydrogen-bond donors (Lipinski definition) is 1. The van der Waals surface area contributed by atoms with Crippen molar-refractivity contribution >= 4 is 5.95 Å². The smallest absolute Gasteiger partial charge is 0.229 e. The SMILES string of the molecule is COc1cc(C)nc(N2CCC[C@@H]2[C@@H]2CCCC[C@@H]2O)n1. The highest BCUT2D eigenvalue weighted by molar-refractivity contribution is 5.37. The van der Waals surface area contributed by atoms with E-state index in [9.17, 15) is 5.11 Å². The minimum absolute atomic E-state index is 0.170. The van der Waals surface area contributed by atoms with Gasteiger partial charge in [-0.25, -0.2) is 4.98 Å². The first kappa shape index (κ1) is 14.6. The molecule has 1 saturated heterocycles. The fourth-order valence-electron chi connectivity index (χ4n) is 3.83. The molecule has 2 heterocycles. The fraction of sp³-hybridized carbons (Fsp3) is 0.750. The second-order valence-electron chi connectivity index (χ2n) is 6.27.